The van der Waals surface area contributed by atoms with E-state index in [1.54, 1.807) is 4.90 Å². The van der Waals surface area contributed by atoms with E-state index in [-0.39, 0.29) is 12.0 Å². The van der Waals surface area contributed by atoms with E-state index in [1.165, 1.54) is 5.69 Å². The zero-order valence-corrected chi connectivity index (χ0v) is 19.8. The molecule has 0 bridgehead atoms. The minimum absolute atomic E-state index is 0.101. The number of carbonyl (C=O) groups is 2. The Labute approximate surface area is 190 Å². The van der Waals surface area contributed by atoms with E-state index in [2.05, 4.69) is 24.1 Å². The fourth-order valence-electron chi connectivity index (χ4n) is 4.80. The van der Waals surface area contributed by atoms with Crippen LogP contribution in [0.3, 0.4) is 0 Å². The second-order valence-corrected chi connectivity index (χ2v) is 10.2. The summed E-state index contributed by atoms with van der Waals surface area (Å²) in [6.45, 7) is 15.3. The molecule has 6 nitrogen and oxygen atoms in total. The van der Waals surface area contributed by atoms with Gasteiger partial charge in [0.1, 0.15) is 5.60 Å². The lowest BCUT2D eigenvalue weighted by molar-refractivity contribution is 0.0223. The van der Waals surface area contributed by atoms with Crippen LogP contribution in [0.4, 0.5) is 4.79 Å². The predicted octanol–water partition coefficient (Wildman–Crippen LogP) is 4.99. The molecule has 3 heterocycles. The van der Waals surface area contributed by atoms with Gasteiger partial charge in [-0.25, -0.2) is 4.79 Å². The van der Waals surface area contributed by atoms with E-state index < -0.39 is 5.60 Å². The average molecular weight is 438 g/mol. The van der Waals surface area contributed by atoms with Crippen molar-refractivity contribution in [3.8, 4) is 0 Å². The maximum Gasteiger partial charge on any atom is 0.410 e. The second kappa shape index (κ2) is 8.64. The second-order valence-electron chi connectivity index (χ2n) is 10.2. The van der Waals surface area contributed by atoms with Crippen molar-refractivity contribution in [3.63, 3.8) is 0 Å². The number of nitrogens with zero attached hydrogens (tertiary/aromatic N) is 3. The largest absolute Gasteiger partial charge is 0.444 e. The highest BCUT2D eigenvalue weighted by Gasteiger charge is 2.30. The number of hydrogen-bond acceptors (Lipinski definition) is 3. The van der Waals surface area contributed by atoms with Crippen molar-refractivity contribution in [3.05, 3.63) is 47.7 Å². The zero-order valence-electron chi connectivity index (χ0n) is 19.8. The Kier molecular flexibility index (Phi) is 6.06. The summed E-state index contributed by atoms with van der Waals surface area (Å²) in [4.78, 5) is 29.7. The molecular formula is C26H35N3O3. The Morgan fingerprint density at radius 3 is 2.53 bits per heavy atom. The van der Waals surface area contributed by atoms with Crippen LogP contribution in [0.25, 0.3) is 10.9 Å². The summed E-state index contributed by atoms with van der Waals surface area (Å²) in [7, 11) is 0. The van der Waals surface area contributed by atoms with Crippen molar-refractivity contribution >= 4 is 22.9 Å². The van der Waals surface area contributed by atoms with Gasteiger partial charge in [-0.2, -0.15) is 0 Å². The zero-order chi connectivity index (χ0) is 23.0. The van der Waals surface area contributed by atoms with Crippen LogP contribution in [-0.4, -0.2) is 51.6 Å². The molecule has 1 fully saturated rings. The maximum atomic E-state index is 13.2. The lowest BCUT2D eigenvalue weighted by Crippen LogP contribution is -2.40. The molecule has 0 atom stereocenters. The summed E-state index contributed by atoms with van der Waals surface area (Å²) in [5.74, 6) is 0.782. The van der Waals surface area contributed by atoms with Gasteiger partial charge < -0.3 is 19.1 Å². The number of allylic oxidation sites excluding steroid dienone is 1. The van der Waals surface area contributed by atoms with Gasteiger partial charge in [0.15, 0.2) is 0 Å². The number of aromatic nitrogens is 1. The lowest BCUT2D eigenvalue weighted by atomic mass is 9.98. The third kappa shape index (κ3) is 4.41. The average Bonchev–Trinajstić information content (AvgIpc) is 3.05. The molecule has 1 aromatic heterocycles. The summed E-state index contributed by atoms with van der Waals surface area (Å²) in [6, 6.07) is 6.01. The van der Waals surface area contributed by atoms with E-state index in [0.717, 1.165) is 54.4 Å². The van der Waals surface area contributed by atoms with Crippen LogP contribution in [-0.2, 0) is 24.2 Å². The number of amides is 2. The van der Waals surface area contributed by atoms with Crippen LogP contribution in [0, 0.1) is 5.92 Å². The molecule has 0 radical (unpaired) electrons. The summed E-state index contributed by atoms with van der Waals surface area (Å²) in [5, 5.41) is 1.05. The number of benzene rings is 1. The SMILES string of the molecule is C=CCn1c2c(c3cc(C(=O)N4CCC(C)CC4)ccc31)CN(C(=O)OC(C)(C)C)CC2. The Morgan fingerprint density at radius 1 is 1.16 bits per heavy atom. The smallest absolute Gasteiger partial charge is 0.410 e. The van der Waals surface area contributed by atoms with E-state index in [1.807, 2.05) is 43.9 Å². The molecule has 32 heavy (non-hydrogen) atoms. The maximum absolute atomic E-state index is 13.2. The molecular weight excluding hydrogens is 402 g/mol. The molecule has 6 heteroatoms. The summed E-state index contributed by atoms with van der Waals surface area (Å²) in [6.07, 6.45) is 4.48. The first-order chi connectivity index (χ1) is 15.2. The lowest BCUT2D eigenvalue weighted by Gasteiger charge is -2.31. The molecule has 1 saturated heterocycles. The highest BCUT2D eigenvalue weighted by atomic mass is 16.6. The Bertz CT molecular complexity index is 1040. The molecule has 4 rings (SSSR count). The highest BCUT2D eigenvalue weighted by molar-refractivity contribution is 5.99. The summed E-state index contributed by atoms with van der Waals surface area (Å²) < 4.78 is 7.88. The Hall–Kier alpha value is -2.76. The van der Waals surface area contributed by atoms with Gasteiger partial charge in [-0.15, -0.1) is 6.58 Å². The first kappa shape index (κ1) is 22.4. The number of piperidine rings is 1. The summed E-state index contributed by atoms with van der Waals surface area (Å²) in [5.41, 5.74) is 3.61. The van der Waals surface area contributed by atoms with Crippen molar-refractivity contribution < 1.29 is 14.3 Å². The predicted molar refractivity (Wildman–Crippen MR) is 127 cm³/mol. The van der Waals surface area contributed by atoms with Gasteiger partial charge in [0.2, 0.25) is 0 Å². The fourth-order valence-corrected chi connectivity index (χ4v) is 4.80. The van der Waals surface area contributed by atoms with E-state index in [4.69, 9.17) is 4.74 Å². The molecule has 2 aliphatic heterocycles. The molecule has 0 unspecified atom stereocenters. The molecule has 2 aromatic rings. The molecule has 0 aliphatic carbocycles. The number of fused-ring (bicyclic) bond motifs is 3. The van der Waals surface area contributed by atoms with E-state index in [0.29, 0.717) is 25.6 Å². The Morgan fingerprint density at radius 2 is 1.88 bits per heavy atom. The molecule has 0 N–H and O–H groups in total. The van der Waals surface area contributed by atoms with Crippen molar-refractivity contribution in [2.24, 2.45) is 5.92 Å². The number of likely N-dealkylation sites (tertiary alicyclic amines) is 1. The minimum Gasteiger partial charge on any atom is -0.444 e. The third-order valence-electron chi connectivity index (χ3n) is 6.54. The normalized spacial score (nSPS) is 17.4. The minimum atomic E-state index is -0.528. The van der Waals surface area contributed by atoms with Gasteiger partial charge in [0.05, 0.1) is 6.54 Å². The first-order valence-corrected chi connectivity index (χ1v) is 11.7. The van der Waals surface area contributed by atoms with Crippen molar-refractivity contribution in [2.45, 2.75) is 65.6 Å². The van der Waals surface area contributed by atoms with E-state index >= 15 is 0 Å². The van der Waals surface area contributed by atoms with Gasteiger partial charge in [-0.05, 0) is 57.7 Å². The van der Waals surface area contributed by atoms with E-state index in [9.17, 15) is 9.59 Å². The van der Waals surface area contributed by atoms with Gasteiger partial charge in [-0.1, -0.05) is 13.0 Å². The first-order valence-electron chi connectivity index (χ1n) is 11.7. The number of carbonyl (C=O) groups excluding carboxylic acids is 2. The molecule has 0 saturated carbocycles. The molecule has 172 valence electrons. The van der Waals surface area contributed by atoms with Crippen molar-refractivity contribution in [1.82, 2.24) is 14.4 Å². The molecule has 0 spiro atoms. The number of ether oxygens (including phenoxy) is 1. The standard InChI is InChI=1S/C26H35N3O3/c1-6-12-29-22-8-7-19(24(30)27-13-9-18(2)10-14-27)16-20(22)21-17-28(15-11-23(21)29)25(31)32-26(3,4)5/h6-8,16,18H,1,9-15,17H2,2-5H3. The van der Waals surface area contributed by atoms with Gasteiger partial charge in [0.25, 0.3) is 5.91 Å². The third-order valence-corrected chi connectivity index (χ3v) is 6.54. The monoisotopic (exact) mass is 437 g/mol. The molecule has 1 aromatic carbocycles. The quantitative estimate of drug-likeness (QED) is 0.636. The Balaban J connectivity index is 1.68. The van der Waals surface area contributed by atoms with Crippen LogP contribution in [0.1, 0.15) is 62.2 Å². The van der Waals surface area contributed by atoms with Crippen molar-refractivity contribution in [1.29, 1.82) is 0 Å². The fraction of sp³-hybridized carbons (Fsp3) is 0.538. The number of rotatable bonds is 3. The summed E-state index contributed by atoms with van der Waals surface area (Å²) >= 11 is 0. The van der Waals surface area contributed by atoms with Crippen molar-refractivity contribution in [2.75, 3.05) is 19.6 Å². The van der Waals surface area contributed by atoms with Crippen LogP contribution < -0.4 is 0 Å². The molecule has 2 aliphatic rings. The topological polar surface area (TPSA) is 54.8 Å². The molecule has 2 amide bonds. The van der Waals surface area contributed by atoms with Gasteiger partial charge in [0, 0.05) is 60.3 Å². The van der Waals surface area contributed by atoms with Crippen LogP contribution in [0.15, 0.2) is 30.9 Å². The van der Waals surface area contributed by atoms with Gasteiger partial charge >= 0.3 is 6.09 Å². The van der Waals surface area contributed by atoms with Gasteiger partial charge in [-0.3, -0.25) is 4.79 Å². The highest BCUT2D eigenvalue weighted by Crippen LogP contribution is 2.33. The number of hydrogen-bond donors (Lipinski definition) is 0. The van der Waals surface area contributed by atoms with Crippen LogP contribution in [0.5, 0.6) is 0 Å². The van der Waals surface area contributed by atoms with Crippen LogP contribution in [0.2, 0.25) is 0 Å². The van der Waals surface area contributed by atoms with Crippen LogP contribution >= 0.6 is 0 Å².